The van der Waals surface area contributed by atoms with Crippen molar-refractivity contribution in [3.05, 3.63) is 148 Å². The number of hydrogen-bond acceptors (Lipinski definition) is 3. The Morgan fingerprint density at radius 1 is 0.895 bits per heavy atom. The van der Waals surface area contributed by atoms with Crippen molar-refractivity contribution in [2.24, 2.45) is 0 Å². The van der Waals surface area contributed by atoms with Crippen LogP contribution in [0.15, 0.2) is 109 Å². The van der Waals surface area contributed by atoms with Crippen LogP contribution in [0.4, 0.5) is 10.1 Å². The SMILES string of the molecule is O=C(CC(c1cccc([N+](=O)[O-])c1)c1cn(Cc2ccc(F)cc2)c2ccccc12)NCc1ccccc1. The number of rotatable bonds is 9. The number of non-ortho nitro benzene ring substituents is 1. The Kier molecular flexibility index (Phi) is 7.26. The average Bonchev–Trinajstić information content (AvgIpc) is 3.30. The number of aromatic nitrogens is 1. The number of nitro groups is 1. The Balaban J connectivity index is 1.52. The number of fused-ring (bicyclic) bond motifs is 1. The fourth-order valence-electron chi connectivity index (χ4n) is 4.79. The van der Waals surface area contributed by atoms with E-state index in [1.165, 1.54) is 18.2 Å². The molecule has 0 fully saturated rings. The van der Waals surface area contributed by atoms with Crippen LogP contribution in [0.5, 0.6) is 0 Å². The van der Waals surface area contributed by atoms with Gasteiger partial charge in [0.15, 0.2) is 0 Å². The third kappa shape index (κ3) is 5.62. The summed E-state index contributed by atoms with van der Waals surface area (Å²) in [5, 5.41) is 15.5. The zero-order valence-electron chi connectivity index (χ0n) is 20.6. The highest BCUT2D eigenvalue weighted by Crippen LogP contribution is 2.36. The maximum absolute atomic E-state index is 13.5. The van der Waals surface area contributed by atoms with Crippen molar-refractivity contribution in [2.45, 2.75) is 25.4 Å². The van der Waals surface area contributed by atoms with Crippen LogP contribution in [0.1, 0.15) is 34.6 Å². The normalized spacial score (nSPS) is 11.8. The molecule has 1 amide bonds. The number of nitrogens with one attached hydrogen (secondary N) is 1. The predicted molar refractivity (Wildman–Crippen MR) is 145 cm³/mol. The van der Waals surface area contributed by atoms with E-state index in [2.05, 4.69) is 9.88 Å². The molecule has 0 spiro atoms. The average molecular weight is 508 g/mol. The molecule has 5 aromatic rings. The monoisotopic (exact) mass is 507 g/mol. The van der Waals surface area contributed by atoms with Gasteiger partial charge in [0.05, 0.1) is 4.92 Å². The number of nitro benzene ring substituents is 1. The summed E-state index contributed by atoms with van der Waals surface area (Å²) in [6.07, 6.45) is 2.13. The van der Waals surface area contributed by atoms with Gasteiger partial charge in [-0.3, -0.25) is 14.9 Å². The maximum Gasteiger partial charge on any atom is 0.269 e. The minimum atomic E-state index is -0.423. The molecule has 0 aliphatic rings. The second-order valence-electron chi connectivity index (χ2n) is 9.23. The molecular formula is C31H26FN3O3. The Hall–Kier alpha value is -4.78. The van der Waals surface area contributed by atoms with E-state index in [9.17, 15) is 19.3 Å². The summed E-state index contributed by atoms with van der Waals surface area (Å²) < 4.78 is 15.5. The zero-order valence-corrected chi connectivity index (χ0v) is 20.6. The summed E-state index contributed by atoms with van der Waals surface area (Å²) in [6, 6.07) is 30.4. The number of hydrogen-bond donors (Lipinski definition) is 1. The van der Waals surface area contributed by atoms with E-state index in [1.54, 1.807) is 24.3 Å². The molecule has 0 aliphatic carbocycles. The standard InChI is InChI=1S/C31H26FN3O3/c32-25-15-13-23(14-16-25)20-34-21-29(27-11-4-5-12-30(27)34)28(24-9-6-10-26(17-24)35(37)38)18-31(36)33-19-22-7-2-1-3-8-22/h1-17,21,28H,18-20H2,(H,33,36). The summed E-state index contributed by atoms with van der Waals surface area (Å²) >= 11 is 0. The highest BCUT2D eigenvalue weighted by Gasteiger charge is 2.24. The van der Waals surface area contributed by atoms with Crippen molar-refractivity contribution in [2.75, 3.05) is 0 Å². The fraction of sp³-hybridized carbons (Fsp3) is 0.129. The Morgan fingerprint density at radius 2 is 1.63 bits per heavy atom. The molecule has 0 aliphatic heterocycles. The molecule has 0 radical (unpaired) electrons. The van der Waals surface area contributed by atoms with Gasteiger partial charge in [0.1, 0.15) is 5.82 Å². The summed E-state index contributed by atoms with van der Waals surface area (Å²) in [6.45, 7) is 0.913. The van der Waals surface area contributed by atoms with Crippen LogP contribution in [0.2, 0.25) is 0 Å². The molecule has 1 aromatic heterocycles. The van der Waals surface area contributed by atoms with Crippen molar-refractivity contribution in [1.82, 2.24) is 9.88 Å². The van der Waals surface area contributed by atoms with Gasteiger partial charge in [0, 0.05) is 54.7 Å². The molecule has 6 nitrogen and oxygen atoms in total. The number of benzene rings is 4. The zero-order chi connectivity index (χ0) is 26.5. The van der Waals surface area contributed by atoms with Crippen molar-refractivity contribution < 1.29 is 14.1 Å². The van der Waals surface area contributed by atoms with Gasteiger partial charge in [-0.25, -0.2) is 4.39 Å². The van der Waals surface area contributed by atoms with Gasteiger partial charge in [-0.15, -0.1) is 0 Å². The first-order valence-electron chi connectivity index (χ1n) is 12.3. The van der Waals surface area contributed by atoms with Crippen LogP contribution in [-0.2, 0) is 17.9 Å². The third-order valence-electron chi connectivity index (χ3n) is 6.67. The molecule has 1 atom stereocenters. The summed E-state index contributed by atoms with van der Waals surface area (Å²) in [7, 11) is 0. The topological polar surface area (TPSA) is 77.2 Å². The molecule has 5 rings (SSSR count). The molecule has 190 valence electrons. The van der Waals surface area contributed by atoms with E-state index in [1.807, 2.05) is 66.9 Å². The summed E-state index contributed by atoms with van der Waals surface area (Å²) in [4.78, 5) is 24.3. The minimum Gasteiger partial charge on any atom is -0.352 e. The lowest BCUT2D eigenvalue weighted by Gasteiger charge is -2.17. The third-order valence-corrected chi connectivity index (χ3v) is 6.67. The summed E-state index contributed by atoms with van der Waals surface area (Å²) in [5.74, 6) is -0.857. The number of nitrogens with zero attached hydrogens (tertiary/aromatic N) is 2. The maximum atomic E-state index is 13.5. The highest BCUT2D eigenvalue weighted by atomic mass is 19.1. The van der Waals surface area contributed by atoms with Gasteiger partial charge in [0.25, 0.3) is 5.69 Å². The van der Waals surface area contributed by atoms with Crippen molar-refractivity contribution >= 4 is 22.5 Å². The first kappa shape index (κ1) is 24.9. The van der Waals surface area contributed by atoms with E-state index >= 15 is 0 Å². The van der Waals surface area contributed by atoms with E-state index in [0.29, 0.717) is 18.7 Å². The van der Waals surface area contributed by atoms with Gasteiger partial charge in [-0.2, -0.15) is 0 Å². The second-order valence-corrected chi connectivity index (χ2v) is 9.23. The van der Waals surface area contributed by atoms with Gasteiger partial charge in [-0.1, -0.05) is 72.8 Å². The smallest absolute Gasteiger partial charge is 0.269 e. The molecule has 1 unspecified atom stereocenters. The first-order valence-corrected chi connectivity index (χ1v) is 12.3. The molecule has 0 saturated heterocycles. The van der Waals surface area contributed by atoms with Crippen molar-refractivity contribution in [1.29, 1.82) is 0 Å². The van der Waals surface area contributed by atoms with E-state index < -0.39 is 10.8 Å². The van der Waals surface area contributed by atoms with Gasteiger partial charge >= 0.3 is 0 Å². The Morgan fingerprint density at radius 3 is 2.39 bits per heavy atom. The molecule has 4 aromatic carbocycles. The van der Waals surface area contributed by atoms with Gasteiger partial charge in [-0.05, 0) is 40.5 Å². The lowest BCUT2D eigenvalue weighted by atomic mass is 9.87. The van der Waals surface area contributed by atoms with Crippen LogP contribution in [0.3, 0.4) is 0 Å². The van der Waals surface area contributed by atoms with Crippen LogP contribution < -0.4 is 5.32 Å². The number of carbonyl (C=O) groups excluding carboxylic acids is 1. The Labute approximate surface area is 219 Å². The lowest BCUT2D eigenvalue weighted by molar-refractivity contribution is -0.384. The minimum absolute atomic E-state index is 0.0211. The summed E-state index contributed by atoms with van der Waals surface area (Å²) in [5.41, 5.74) is 4.46. The second kappa shape index (κ2) is 11.1. The van der Waals surface area contributed by atoms with E-state index in [0.717, 1.165) is 27.6 Å². The predicted octanol–water partition coefficient (Wildman–Crippen LogP) is 6.58. The van der Waals surface area contributed by atoms with Crippen LogP contribution in [0.25, 0.3) is 10.9 Å². The molecule has 38 heavy (non-hydrogen) atoms. The molecule has 1 heterocycles. The molecule has 0 bridgehead atoms. The number of carbonyl (C=O) groups is 1. The molecular weight excluding hydrogens is 481 g/mol. The molecule has 7 heteroatoms. The quantitative estimate of drug-likeness (QED) is 0.181. The van der Waals surface area contributed by atoms with E-state index in [-0.39, 0.29) is 23.8 Å². The highest BCUT2D eigenvalue weighted by molar-refractivity contribution is 5.87. The van der Waals surface area contributed by atoms with Gasteiger partial charge in [0.2, 0.25) is 5.91 Å². The number of para-hydroxylation sites is 1. The van der Waals surface area contributed by atoms with Crippen molar-refractivity contribution in [3.63, 3.8) is 0 Å². The Bertz CT molecular complexity index is 1580. The van der Waals surface area contributed by atoms with Crippen LogP contribution in [0, 0.1) is 15.9 Å². The molecule has 0 saturated carbocycles. The molecule has 1 N–H and O–H groups in total. The lowest BCUT2D eigenvalue weighted by Crippen LogP contribution is -2.25. The van der Waals surface area contributed by atoms with Crippen LogP contribution in [-0.4, -0.2) is 15.4 Å². The largest absolute Gasteiger partial charge is 0.352 e. The van der Waals surface area contributed by atoms with E-state index in [4.69, 9.17) is 0 Å². The van der Waals surface area contributed by atoms with Gasteiger partial charge < -0.3 is 9.88 Å². The fourth-order valence-corrected chi connectivity index (χ4v) is 4.79. The van der Waals surface area contributed by atoms with Crippen LogP contribution >= 0.6 is 0 Å². The number of amides is 1. The number of halogens is 1. The van der Waals surface area contributed by atoms with Crippen molar-refractivity contribution in [3.8, 4) is 0 Å². The first-order chi connectivity index (χ1) is 18.5.